The molecule has 0 saturated carbocycles. The van der Waals surface area contributed by atoms with E-state index in [4.69, 9.17) is 16.3 Å². The molecule has 1 aliphatic heterocycles. The lowest BCUT2D eigenvalue weighted by Crippen LogP contribution is -2.47. The van der Waals surface area contributed by atoms with Crippen molar-refractivity contribution in [1.29, 1.82) is 0 Å². The first-order valence-electron chi connectivity index (χ1n) is 5.27. The molecule has 16 heavy (non-hydrogen) atoms. The van der Waals surface area contributed by atoms with Crippen LogP contribution in [0.15, 0.2) is 0 Å². The number of nitrogens with one attached hydrogen (secondary N) is 1. The van der Waals surface area contributed by atoms with Gasteiger partial charge in [0.05, 0.1) is 11.9 Å². The van der Waals surface area contributed by atoms with Gasteiger partial charge in [-0.15, -0.1) is 11.6 Å². The van der Waals surface area contributed by atoms with Crippen molar-refractivity contribution >= 4 is 21.6 Å². The number of aliphatic hydroxyl groups is 1. The average Bonchev–Trinajstić information content (AvgIpc) is 2.55. The van der Waals surface area contributed by atoms with Gasteiger partial charge in [0.1, 0.15) is 5.60 Å². The maximum Gasteiger partial charge on any atom is 0.211 e. The molecule has 0 aromatic heterocycles. The molecule has 1 rings (SSSR count). The van der Waals surface area contributed by atoms with Gasteiger partial charge in [-0.3, -0.25) is 0 Å². The van der Waals surface area contributed by atoms with Crippen LogP contribution in [0.2, 0.25) is 0 Å². The molecule has 0 radical (unpaired) electrons. The SMILES string of the molecule is CC1OCCC1(O)CNS(=O)(=O)CCCCl. The normalized spacial score (nSPS) is 30.8. The van der Waals surface area contributed by atoms with Gasteiger partial charge in [0.2, 0.25) is 10.0 Å². The number of rotatable bonds is 6. The standard InChI is InChI=1S/C9H18ClNO4S/c1-8-9(12,3-5-15-8)7-11-16(13,14)6-2-4-10/h8,11-12H,2-7H2,1H3. The summed E-state index contributed by atoms with van der Waals surface area (Å²) in [4.78, 5) is 0. The lowest BCUT2D eigenvalue weighted by Gasteiger charge is -2.25. The highest BCUT2D eigenvalue weighted by Crippen LogP contribution is 2.24. The molecule has 1 heterocycles. The van der Waals surface area contributed by atoms with Crippen LogP contribution in [-0.4, -0.2) is 50.0 Å². The number of ether oxygens (including phenoxy) is 1. The van der Waals surface area contributed by atoms with Crippen molar-refractivity contribution in [3.8, 4) is 0 Å². The first kappa shape index (κ1) is 14.2. The molecule has 0 bridgehead atoms. The van der Waals surface area contributed by atoms with Crippen LogP contribution in [0.4, 0.5) is 0 Å². The third kappa shape index (κ3) is 3.85. The van der Waals surface area contributed by atoms with Crippen LogP contribution in [-0.2, 0) is 14.8 Å². The lowest BCUT2D eigenvalue weighted by molar-refractivity contribution is -0.0228. The zero-order chi connectivity index (χ0) is 12.2. The predicted octanol–water partition coefficient (Wildman–Crippen LogP) is 0.0746. The fraction of sp³-hybridized carbons (Fsp3) is 1.00. The molecule has 0 amide bonds. The summed E-state index contributed by atoms with van der Waals surface area (Å²) in [5.41, 5.74) is -1.09. The van der Waals surface area contributed by atoms with Crippen LogP contribution in [0.25, 0.3) is 0 Å². The first-order valence-corrected chi connectivity index (χ1v) is 7.45. The van der Waals surface area contributed by atoms with Gasteiger partial charge in [-0.2, -0.15) is 0 Å². The quantitative estimate of drug-likeness (QED) is 0.671. The predicted molar refractivity (Wildman–Crippen MR) is 62.1 cm³/mol. The minimum absolute atomic E-state index is 0.00120. The summed E-state index contributed by atoms with van der Waals surface area (Å²) in [5, 5.41) is 10.1. The fourth-order valence-corrected chi connectivity index (χ4v) is 2.99. The smallest absolute Gasteiger partial charge is 0.211 e. The molecule has 0 spiro atoms. The Kier molecular flexibility index (Phi) is 5.00. The molecule has 0 aromatic rings. The molecule has 1 fully saturated rings. The molecule has 2 unspecified atom stereocenters. The highest BCUT2D eigenvalue weighted by atomic mass is 35.5. The van der Waals surface area contributed by atoms with E-state index in [1.807, 2.05) is 0 Å². The van der Waals surface area contributed by atoms with E-state index in [0.717, 1.165) is 0 Å². The highest BCUT2D eigenvalue weighted by Gasteiger charge is 2.40. The Hall–Kier alpha value is 0.120. The average molecular weight is 272 g/mol. The number of alkyl halides is 1. The lowest BCUT2D eigenvalue weighted by atomic mass is 9.97. The van der Waals surface area contributed by atoms with Crippen LogP contribution in [0.5, 0.6) is 0 Å². The van der Waals surface area contributed by atoms with Gasteiger partial charge < -0.3 is 9.84 Å². The summed E-state index contributed by atoms with van der Waals surface area (Å²) in [6.07, 6.45) is 0.510. The van der Waals surface area contributed by atoms with Crippen LogP contribution >= 0.6 is 11.6 Å². The van der Waals surface area contributed by atoms with Gasteiger partial charge in [-0.1, -0.05) is 0 Å². The molecule has 1 saturated heterocycles. The molecule has 5 nitrogen and oxygen atoms in total. The van der Waals surface area contributed by atoms with Crippen molar-refractivity contribution < 1.29 is 18.3 Å². The Balaban J connectivity index is 2.44. The molecular weight excluding hydrogens is 254 g/mol. The monoisotopic (exact) mass is 271 g/mol. The van der Waals surface area contributed by atoms with Crippen LogP contribution in [0, 0.1) is 0 Å². The van der Waals surface area contributed by atoms with E-state index in [0.29, 0.717) is 25.3 Å². The second kappa shape index (κ2) is 5.64. The second-order valence-electron chi connectivity index (χ2n) is 4.05. The van der Waals surface area contributed by atoms with Crippen LogP contribution < -0.4 is 4.72 Å². The van der Waals surface area contributed by atoms with Gasteiger partial charge in [0, 0.05) is 25.5 Å². The summed E-state index contributed by atoms with van der Waals surface area (Å²) in [6, 6.07) is 0. The van der Waals surface area contributed by atoms with E-state index < -0.39 is 15.6 Å². The van der Waals surface area contributed by atoms with Crippen molar-refractivity contribution in [3.63, 3.8) is 0 Å². The first-order chi connectivity index (χ1) is 7.40. The molecular formula is C9H18ClNO4S. The topological polar surface area (TPSA) is 75.6 Å². The summed E-state index contributed by atoms with van der Waals surface area (Å²) < 4.78 is 30.5. The largest absolute Gasteiger partial charge is 0.386 e. The minimum atomic E-state index is -3.34. The minimum Gasteiger partial charge on any atom is -0.386 e. The van der Waals surface area contributed by atoms with E-state index >= 15 is 0 Å². The molecule has 7 heteroatoms. The summed E-state index contributed by atoms with van der Waals surface area (Å²) in [5.74, 6) is 0.298. The molecule has 2 atom stereocenters. The molecule has 2 N–H and O–H groups in total. The summed E-state index contributed by atoms with van der Waals surface area (Å²) in [6.45, 7) is 2.19. The van der Waals surface area contributed by atoms with E-state index in [1.54, 1.807) is 6.92 Å². The van der Waals surface area contributed by atoms with E-state index in [1.165, 1.54) is 0 Å². The summed E-state index contributed by atoms with van der Waals surface area (Å²) >= 11 is 5.42. The van der Waals surface area contributed by atoms with Crippen LogP contribution in [0.1, 0.15) is 19.8 Å². The fourth-order valence-electron chi connectivity index (χ4n) is 1.55. The Labute approximate surface area is 101 Å². The van der Waals surface area contributed by atoms with Crippen LogP contribution in [0.3, 0.4) is 0 Å². The number of halogens is 1. The van der Waals surface area contributed by atoms with Crippen molar-refractivity contribution in [2.75, 3.05) is 24.8 Å². The van der Waals surface area contributed by atoms with Crippen molar-refractivity contribution in [2.24, 2.45) is 0 Å². The molecule has 1 aliphatic rings. The number of hydrogen-bond acceptors (Lipinski definition) is 4. The van der Waals surface area contributed by atoms with Gasteiger partial charge >= 0.3 is 0 Å². The molecule has 96 valence electrons. The van der Waals surface area contributed by atoms with Crippen molar-refractivity contribution in [2.45, 2.75) is 31.5 Å². The Morgan fingerprint density at radius 1 is 1.62 bits per heavy atom. The zero-order valence-electron chi connectivity index (χ0n) is 9.28. The Morgan fingerprint density at radius 3 is 2.81 bits per heavy atom. The van der Waals surface area contributed by atoms with Crippen molar-refractivity contribution in [3.05, 3.63) is 0 Å². The van der Waals surface area contributed by atoms with E-state index in [-0.39, 0.29) is 18.4 Å². The third-order valence-corrected chi connectivity index (χ3v) is 4.48. The second-order valence-corrected chi connectivity index (χ2v) is 6.35. The summed E-state index contributed by atoms with van der Waals surface area (Å²) in [7, 11) is -3.34. The van der Waals surface area contributed by atoms with E-state index in [2.05, 4.69) is 4.72 Å². The third-order valence-electron chi connectivity index (χ3n) is 2.80. The maximum atomic E-state index is 11.5. The Morgan fingerprint density at radius 2 is 2.31 bits per heavy atom. The van der Waals surface area contributed by atoms with Crippen molar-refractivity contribution in [1.82, 2.24) is 4.72 Å². The van der Waals surface area contributed by atoms with Gasteiger partial charge in [0.15, 0.2) is 0 Å². The molecule has 0 aromatic carbocycles. The van der Waals surface area contributed by atoms with Gasteiger partial charge in [-0.05, 0) is 13.3 Å². The van der Waals surface area contributed by atoms with E-state index in [9.17, 15) is 13.5 Å². The Bertz CT molecular complexity index is 321. The zero-order valence-corrected chi connectivity index (χ0v) is 10.9. The number of hydrogen-bond donors (Lipinski definition) is 2. The number of sulfonamides is 1. The van der Waals surface area contributed by atoms with Gasteiger partial charge in [-0.25, -0.2) is 13.1 Å². The highest BCUT2D eigenvalue weighted by molar-refractivity contribution is 7.89. The van der Waals surface area contributed by atoms with Gasteiger partial charge in [0.25, 0.3) is 0 Å². The maximum absolute atomic E-state index is 11.5. The molecule has 0 aliphatic carbocycles.